The van der Waals surface area contributed by atoms with Gasteiger partial charge in [0.2, 0.25) is 0 Å². The predicted octanol–water partition coefficient (Wildman–Crippen LogP) is 3.69. The second-order valence-corrected chi connectivity index (χ2v) is 7.85. The molecule has 1 N–H and O–H groups in total. The molecule has 0 fully saturated rings. The zero-order valence-electron chi connectivity index (χ0n) is 14.3. The van der Waals surface area contributed by atoms with E-state index in [9.17, 15) is 4.79 Å². The molecule has 0 spiro atoms. The second kappa shape index (κ2) is 8.68. The van der Waals surface area contributed by atoms with Crippen LogP contribution in [0.1, 0.15) is 33.4 Å². The normalized spacial score (nSPS) is 11.4. The molecule has 2 heterocycles. The Hall–Kier alpha value is -2.58. The van der Waals surface area contributed by atoms with Gasteiger partial charge in [-0.05, 0) is 43.7 Å². The third-order valence-electron chi connectivity index (χ3n) is 3.51. The van der Waals surface area contributed by atoms with Gasteiger partial charge in [-0.2, -0.15) is 5.10 Å². The Balaban J connectivity index is 1.56. The fraction of sp³-hybridized carbons (Fsp3) is 0.167. The molecule has 0 aliphatic carbocycles. The van der Waals surface area contributed by atoms with Crippen molar-refractivity contribution >= 4 is 34.7 Å². The number of nitrogens with zero attached hydrogens (tertiary/aromatic N) is 4. The van der Waals surface area contributed by atoms with Gasteiger partial charge in [-0.15, -0.1) is 10.2 Å². The first kappa shape index (κ1) is 18.2. The van der Waals surface area contributed by atoms with Crippen molar-refractivity contribution in [3.05, 3.63) is 70.5 Å². The van der Waals surface area contributed by atoms with Gasteiger partial charge in [0.1, 0.15) is 5.01 Å². The Morgan fingerprint density at radius 1 is 1.12 bits per heavy atom. The molecule has 0 atom stereocenters. The summed E-state index contributed by atoms with van der Waals surface area (Å²) in [4.78, 5) is 16.2. The largest absolute Gasteiger partial charge is 0.271 e. The Morgan fingerprint density at radius 3 is 2.50 bits per heavy atom. The van der Waals surface area contributed by atoms with Crippen LogP contribution < -0.4 is 5.43 Å². The van der Waals surface area contributed by atoms with Crippen LogP contribution in [0.15, 0.2) is 58.2 Å². The molecule has 0 radical (unpaired) electrons. The summed E-state index contributed by atoms with van der Waals surface area (Å²) in [5, 5.41) is 13.2. The number of hydrazone groups is 1. The third-order valence-corrected chi connectivity index (χ3v) is 5.55. The van der Waals surface area contributed by atoms with Crippen molar-refractivity contribution in [2.24, 2.45) is 5.10 Å². The summed E-state index contributed by atoms with van der Waals surface area (Å²) in [5.41, 5.74) is 5.91. The standard InChI is InChI=1S/C18H17N5OS2/c1-12(15-7-9-19-10-8-15)20-22-17(24)16-5-3-14(4-6-16)11-25-18-23-21-13(2)26-18/h3-10H,11H2,1-2H3,(H,22,24). The van der Waals surface area contributed by atoms with E-state index in [1.54, 1.807) is 47.6 Å². The smallest absolute Gasteiger partial charge is 0.267 e. The molecule has 8 heteroatoms. The van der Waals surface area contributed by atoms with E-state index >= 15 is 0 Å². The summed E-state index contributed by atoms with van der Waals surface area (Å²) in [7, 11) is 0. The number of carbonyl (C=O) groups excluding carboxylic acids is 1. The molecular formula is C18H17N5OS2. The van der Waals surface area contributed by atoms with Crippen LogP contribution in [0, 0.1) is 6.92 Å². The molecule has 0 saturated heterocycles. The number of benzene rings is 1. The van der Waals surface area contributed by atoms with Crippen LogP contribution >= 0.6 is 23.1 Å². The summed E-state index contributed by atoms with van der Waals surface area (Å²) < 4.78 is 0.949. The molecule has 0 aliphatic rings. The molecule has 0 bridgehead atoms. The van der Waals surface area contributed by atoms with Crippen LogP contribution in [-0.4, -0.2) is 26.8 Å². The van der Waals surface area contributed by atoms with E-state index in [-0.39, 0.29) is 5.91 Å². The molecule has 6 nitrogen and oxygen atoms in total. The molecule has 0 aliphatic heterocycles. The number of rotatable bonds is 6. The maximum Gasteiger partial charge on any atom is 0.271 e. The van der Waals surface area contributed by atoms with Crippen molar-refractivity contribution < 1.29 is 4.79 Å². The van der Waals surface area contributed by atoms with E-state index in [0.29, 0.717) is 5.56 Å². The highest BCUT2D eigenvalue weighted by Crippen LogP contribution is 2.25. The zero-order valence-corrected chi connectivity index (χ0v) is 16.0. The van der Waals surface area contributed by atoms with E-state index in [0.717, 1.165) is 31.9 Å². The topological polar surface area (TPSA) is 80.1 Å². The maximum atomic E-state index is 12.2. The molecule has 1 aromatic carbocycles. The monoisotopic (exact) mass is 383 g/mol. The van der Waals surface area contributed by atoms with E-state index in [2.05, 4.69) is 25.7 Å². The lowest BCUT2D eigenvalue weighted by atomic mass is 10.1. The van der Waals surface area contributed by atoms with Gasteiger partial charge in [0.05, 0.1) is 5.71 Å². The molecule has 2 aromatic heterocycles. The van der Waals surface area contributed by atoms with E-state index in [1.807, 2.05) is 38.1 Å². The van der Waals surface area contributed by atoms with Crippen molar-refractivity contribution in [2.45, 2.75) is 23.9 Å². The summed E-state index contributed by atoms with van der Waals surface area (Å²) >= 11 is 3.22. The predicted molar refractivity (Wildman–Crippen MR) is 105 cm³/mol. The number of carbonyl (C=O) groups is 1. The Kier molecular flexibility index (Phi) is 6.08. The number of hydrogen-bond acceptors (Lipinski definition) is 7. The van der Waals surface area contributed by atoms with Crippen LogP contribution in [0.4, 0.5) is 0 Å². The first-order valence-corrected chi connectivity index (χ1v) is 9.69. The van der Waals surface area contributed by atoms with Gasteiger partial charge in [0, 0.05) is 29.3 Å². The molecule has 26 heavy (non-hydrogen) atoms. The fourth-order valence-electron chi connectivity index (χ4n) is 2.09. The minimum absolute atomic E-state index is 0.239. The third kappa shape index (κ3) is 4.96. The van der Waals surface area contributed by atoms with Gasteiger partial charge in [0.25, 0.3) is 5.91 Å². The Morgan fingerprint density at radius 2 is 1.85 bits per heavy atom. The molecule has 3 rings (SSSR count). The van der Waals surface area contributed by atoms with Gasteiger partial charge in [0.15, 0.2) is 4.34 Å². The number of amides is 1. The van der Waals surface area contributed by atoms with Crippen molar-refractivity contribution in [3.8, 4) is 0 Å². The van der Waals surface area contributed by atoms with Gasteiger partial charge in [-0.1, -0.05) is 35.2 Å². The van der Waals surface area contributed by atoms with Crippen LogP contribution in [0.5, 0.6) is 0 Å². The van der Waals surface area contributed by atoms with Crippen molar-refractivity contribution in [1.82, 2.24) is 20.6 Å². The van der Waals surface area contributed by atoms with E-state index in [1.165, 1.54) is 0 Å². The highest BCUT2D eigenvalue weighted by molar-refractivity contribution is 8.00. The SMILES string of the molecule is CC(=NNC(=O)c1ccc(CSc2nnc(C)s2)cc1)c1ccncc1. The highest BCUT2D eigenvalue weighted by atomic mass is 32.2. The zero-order chi connectivity index (χ0) is 18.4. The molecular weight excluding hydrogens is 366 g/mol. The highest BCUT2D eigenvalue weighted by Gasteiger charge is 2.06. The van der Waals surface area contributed by atoms with Crippen LogP contribution in [0.3, 0.4) is 0 Å². The lowest BCUT2D eigenvalue weighted by Crippen LogP contribution is -2.19. The van der Waals surface area contributed by atoms with Crippen molar-refractivity contribution in [2.75, 3.05) is 0 Å². The van der Waals surface area contributed by atoms with Gasteiger partial charge in [-0.25, -0.2) is 5.43 Å². The number of aryl methyl sites for hydroxylation is 1. The van der Waals surface area contributed by atoms with Crippen LogP contribution in [0.25, 0.3) is 0 Å². The molecule has 1 amide bonds. The Labute approximate surface area is 159 Å². The average molecular weight is 384 g/mol. The minimum atomic E-state index is -0.239. The van der Waals surface area contributed by atoms with Crippen LogP contribution in [0.2, 0.25) is 0 Å². The van der Waals surface area contributed by atoms with E-state index in [4.69, 9.17) is 0 Å². The van der Waals surface area contributed by atoms with Crippen molar-refractivity contribution in [1.29, 1.82) is 0 Å². The first-order valence-electron chi connectivity index (χ1n) is 7.88. The summed E-state index contributed by atoms with van der Waals surface area (Å²) in [6.45, 7) is 3.78. The first-order chi connectivity index (χ1) is 12.6. The molecule has 3 aromatic rings. The van der Waals surface area contributed by atoms with Crippen molar-refractivity contribution in [3.63, 3.8) is 0 Å². The number of nitrogens with one attached hydrogen (secondary N) is 1. The van der Waals surface area contributed by atoms with Gasteiger partial charge in [-0.3, -0.25) is 9.78 Å². The molecule has 0 saturated carbocycles. The average Bonchev–Trinajstić information content (AvgIpc) is 3.10. The minimum Gasteiger partial charge on any atom is -0.267 e. The number of pyridine rings is 1. The summed E-state index contributed by atoms with van der Waals surface area (Å²) in [6, 6.07) is 11.2. The Bertz CT molecular complexity index is 907. The molecule has 132 valence electrons. The van der Waals surface area contributed by atoms with Crippen LogP contribution in [-0.2, 0) is 5.75 Å². The number of aromatic nitrogens is 3. The molecule has 0 unspecified atom stereocenters. The summed E-state index contributed by atoms with van der Waals surface area (Å²) in [6.07, 6.45) is 3.38. The lowest BCUT2D eigenvalue weighted by Gasteiger charge is -2.04. The van der Waals surface area contributed by atoms with E-state index < -0.39 is 0 Å². The number of hydrogen-bond donors (Lipinski definition) is 1. The van der Waals surface area contributed by atoms with Gasteiger partial charge < -0.3 is 0 Å². The summed E-state index contributed by atoms with van der Waals surface area (Å²) in [5.74, 6) is 0.549. The number of thioether (sulfide) groups is 1. The lowest BCUT2D eigenvalue weighted by molar-refractivity contribution is 0.0955. The van der Waals surface area contributed by atoms with Gasteiger partial charge >= 0.3 is 0 Å². The maximum absolute atomic E-state index is 12.2. The second-order valence-electron chi connectivity index (χ2n) is 5.45. The fourth-order valence-corrected chi connectivity index (χ4v) is 3.86. The quantitative estimate of drug-likeness (QED) is 0.399.